The van der Waals surface area contributed by atoms with Gasteiger partial charge in [-0.05, 0) is 54.6 Å². The lowest BCUT2D eigenvalue weighted by Gasteiger charge is -2.27. The zero-order valence-electron chi connectivity index (χ0n) is 11.9. The average Bonchev–Trinajstić information content (AvgIpc) is 2.34. The van der Waals surface area contributed by atoms with Crippen LogP contribution in [0, 0.1) is 5.41 Å². The third-order valence-electron chi connectivity index (χ3n) is 2.91. The lowest BCUT2D eigenvalue weighted by Crippen LogP contribution is -2.32. The molecule has 0 radical (unpaired) electrons. The molecule has 1 aromatic rings. The molecular formula is C14H23BrN4. The van der Waals surface area contributed by atoms with E-state index in [0.717, 1.165) is 41.8 Å². The van der Waals surface area contributed by atoms with Gasteiger partial charge in [-0.25, -0.2) is 0 Å². The second kappa shape index (κ2) is 7.50. The number of amidine groups is 1. The number of nitrogens with zero attached hydrogens (tertiary/aromatic N) is 2. The number of likely N-dealkylation sites (N-methyl/N-ethyl adjacent to an activating group) is 1. The third-order valence-corrected chi connectivity index (χ3v) is 3.55. The summed E-state index contributed by atoms with van der Waals surface area (Å²) in [4.78, 5) is 4.54. The van der Waals surface area contributed by atoms with Crippen LogP contribution >= 0.6 is 15.9 Å². The quantitative estimate of drug-likeness (QED) is 0.598. The SMILES string of the molecule is CCCN(CCN(C)C)c1ccc(C(=N)N)cc1Br. The summed E-state index contributed by atoms with van der Waals surface area (Å²) in [7, 11) is 4.16. The summed E-state index contributed by atoms with van der Waals surface area (Å²) in [5, 5.41) is 7.46. The predicted octanol–water partition coefficient (Wildman–Crippen LogP) is 2.51. The van der Waals surface area contributed by atoms with E-state index in [1.807, 2.05) is 18.2 Å². The fourth-order valence-electron chi connectivity index (χ4n) is 1.87. The molecule has 0 aliphatic carbocycles. The van der Waals surface area contributed by atoms with Crippen molar-refractivity contribution < 1.29 is 0 Å². The summed E-state index contributed by atoms with van der Waals surface area (Å²) in [6.07, 6.45) is 1.11. The van der Waals surface area contributed by atoms with Crippen LogP contribution in [0.5, 0.6) is 0 Å². The summed E-state index contributed by atoms with van der Waals surface area (Å²) in [6.45, 7) is 5.20. The number of hydrogen-bond acceptors (Lipinski definition) is 3. The van der Waals surface area contributed by atoms with E-state index in [1.165, 1.54) is 0 Å². The van der Waals surface area contributed by atoms with Gasteiger partial charge in [-0.3, -0.25) is 5.41 Å². The number of halogens is 1. The molecule has 4 nitrogen and oxygen atoms in total. The number of hydrogen-bond donors (Lipinski definition) is 2. The number of nitrogen functional groups attached to an aromatic ring is 1. The molecule has 5 heteroatoms. The first kappa shape index (κ1) is 16.0. The Morgan fingerprint density at radius 1 is 1.26 bits per heavy atom. The Morgan fingerprint density at radius 3 is 2.42 bits per heavy atom. The molecule has 0 aromatic heterocycles. The minimum Gasteiger partial charge on any atom is -0.384 e. The summed E-state index contributed by atoms with van der Waals surface area (Å²) < 4.78 is 0.993. The topological polar surface area (TPSA) is 56.4 Å². The first-order chi connectivity index (χ1) is 8.95. The van der Waals surface area contributed by atoms with Crippen LogP contribution in [0.1, 0.15) is 18.9 Å². The summed E-state index contributed by atoms with van der Waals surface area (Å²) in [5.41, 5.74) is 7.42. The average molecular weight is 327 g/mol. The second-order valence-electron chi connectivity index (χ2n) is 4.87. The van der Waals surface area contributed by atoms with Gasteiger partial charge in [0.05, 0.1) is 5.69 Å². The Labute approximate surface area is 124 Å². The van der Waals surface area contributed by atoms with E-state index in [0.29, 0.717) is 0 Å². The van der Waals surface area contributed by atoms with Crippen molar-refractivity contribution in [3.63, 3.8) is 0 Å². The molecule has 19 heavy (non-hydrogen) atoms. The Bertz CT molecular complexity index is 431. The number of benzene rings is 1. The largest absolute Gasteiger partial charge is 0.384 e. The van der Waals surface area contributed by atoms with Crippen molar-refractivity contribution in [1.82, 2.24) is 4.90 Å². The summed E-state index contributed by atoms with van der Waals surface area (Å²) in [6, 6.07) is 5.85. The van der Waals surface area contributed by atoms with Gasteiger partial charge in [0, 0.05) is 29.7 Å². The van der Waals surface area contributed by atoms with Crippen LogP contribution in [0.2, 0.25) is 0 Å². The van der Waals surface area contributed by atoms with Gasteiger partial charge in [0.2, 0.25) is 0 Å². The Kier molecular flexibility index (Phi) is 6.31. The van der Waals surface area contributed by atoms with Crippen LogP contribution in [0.25, 0.3) is 0 Å². The van der Waals surface area contributed by atoms with Crippen molar-refractivity contribution >= 4 is 27.5 Å². The molecule has 0 aliphatic rings. The minimum atomic E-state index is 0.0996. The van der Waals surface area contributed by atoms with Gasteiger partial charge in [0.25, 0.3) is 0 Å². The van der Waals surface area contributed by atoms with Crippen molar-refractivity contribution in [2.75, 3.05) is 38.6 Å². The molecule has 0 aliphatic heterocycles. The van der Waals surface area contributed by atoms with E-state index < -0.39 is 0 Å². The number of rotatable bonds is 7. The Hall–Kier alpha value is -1.07. The highest BCUT2D eigenvalue weighted by Crippen LogP contribution is 2.27. The lowest BCUT2D eigenvalue weighted by atomic mass is 10.1. The van der Waals surface area contributed by atoms with E-state index >= 15 is 0 Å². The molecule has 1 rings (SSSR count). The van der Waals surface area contributed by atoms with Crippen molar-refractivity contribution in [2.45, 2.75) is 13.3 Å². The van der Waals surface area contributed by atoms with Crippen molar-refractivity contribution in [2.24, 2.45) is 5.73 Å². The zero-order chi connectivity index (χ0) is 14.4. The Balaban J connectivity index is 2.92. The molecule has 0 saturated heterocycles. The van der Waals surface area contributed by atoms with E-state index in [4.69, 9.17) is 11.1 Å². The monoisotopic (exact) mass is 326 g/mol. The molecule has 0 amide bonds. The first-order valence-electron chi connectivity index (χ1n) is 6.49. The highest BCUT2D eigenvalue weighted by atomic mass is 79.9. The predicted molar refractivity (Wildman–Crippen MR) is 86.2 cm³/mol. The fraction of sp³-hybridized carbons (Fsp3) is 0.500. The highest BCUT2D eigenvalue weighted by molar-refractivity contribution is 9.10. The number of nitrogens with one attached hydrogen (secondary N) is 1. The highest BCUT2D eigenvalue weighted by Gasteiger charge is 2.11. The molecule has 0 saturated carbocycles. The molecule has 0 unspecified atom stereocenters. The van der Waals surface area contributed by atoms with E-state index in [2.05, 4.69) is 46.7 Å². The molecule has 0 heterocycles. The molecule has 106 valence electrons. The standard InChI is InChI=1S/C14H23BrN4/c1-4-7-19(9-8-18(2)3)13-6-5-11(14(16)17)10-12(13)15/h5-6,10H,4,7-9H2,1-3H3,(H3,16,17). The molecule has 0 atom stereocenters. The molecular weight excluding hydrogens is 304 g/mol. The van der Waals surface area contributed by atoms with Gasteiger partial charge in [0.15, 0.2) is 0 Å². The molecule has 0 bridgehead atoms. The van der Waals surface area contributed by atoms with Crippen LogP contribution < -0.4 is 10.6 Å². The van der Waals surface area contributed by atoms with Crippen molar-refractivity contribution in [3.8, 4) is 0 Å². The lowest BCUT2D eigenvalue weighted by molar-refractivity contribution is 0.413. The van der Waals surface area contributed by atoms with Crippen LogP contribution in [0.3, 0.4) is 0 Å². The zero-order valence-corrected chi connectivity index (χ0v) is 13.5. The third kappa shape index (κ3) is 4.84. The van der Waals surface area contributed by atoms with Gasteiger partial charge in [-0.15, -0.1) is 0 Å². The van der Waals surface area contributed by atoms with Crippen LogP contribution in [-0.2, 0) is 0 Å². The molecule has 3 N–H and O–H groups in total. The summed E-state index contributed by atoms with van der Waals surface area (Å²) in [5.74, 6) is 0.0996. The van der Waals surface area contributed by atoms with Gasteiger partial charge in [-0.2, -0.15) is 0 Å². The number of anilines is 1. The van der Waals surface area contributed by atoms with Crippen molar-refractivity contribution in [1.29, 1.82) is 5.41 Å². The summed E-state index contributed by atoms with van der Waals surface area (Å²) >= 11 is 3.59. The maximum Gasteiger partial charge on any atom is 0.122 e. The van der Waals surface area contributed by atoms with Gasteiger partial charge >= 0.3 is 0 Å². The van der Waals surface area contributed by atoms with E-state index in [1.54, 1.807) is 0 Å². The Morgan fingerprint density at radius 2 is 1.95 bits per heavy atom. The first-order valence-corrected chi connectivity index (χ1v) is 7.28. The molecule has 0 spiro atoms. The van der Waals surface area contributed by atoms with Crippen LogP contribution in [-0.4, -0.2) is 44.5 Å². The van der Waals surface area contributed by atoms with Gasteiger partial charge in [-0.1, -0.05) is 6.92 Å². The van der Waals surface area contributed by atoms with Crippen LogP contribution in [0.15, 0.2) is 22.7 Å². The minimum absolute atomic E-state index is 0.0996. The number of nitrogens with two attached hydrogens (primary N) is 1. The molecule has 0 fully saturated rings. The van der Waals surface area contributed by atoms with Crippen molar-refractivity contribution in [3.05, 3.63) is 28.2 Å². The van der Waals surface area contributed by atoms with Crippen LogP contribution in [0.4, 0.5) is 5.69 Å². The van der Waals surface area contributed by atoms with Gasteiger partial charge < -0.3 is 15.5 Å². The normalized spacial score (nSPS) is 10.8. The maximum atomic E-state index is 7.46. The fourth-order valence-corrected chi connectivity index (χ4v) is 2.50. The van der Waals surface area contributed by atoms with E-state index in [9.17, 15) is 0 Å². The van der Waals surface area contributed by atoms with Gasteiger partial charge in [0.1, 0.15) is 5.84 Å². The van der Waals surface area contributed by atoms with E-state index in [-0.39, 0.29) is 5.84 Å². The smallest absolute Gasteiger partial charge is 0.122 e. The second-order valence-corrected chi connectivity index (χ2v) is 5.72. The maximum absolute atomic E-state index is 7.46. The molecule has 1 aromatic carbocycles.